The zero-order valence-electron chi connectivity index (χ0n) is 15.9. The summed E-state index contributed by atoms with van der Waals surface area (Å²) in [5, 5.41) is 25.2. The van der Waals surface area contributed by atoms with Crippen molar-refractivity contribution < 1.29 is 19.4 Å². The van der Waals surface area contributed by atoms with Crippen molar-refractivity contribution in [3.63, 3.8) is 0 Å². The number of benzene rings is 3. The van der Waals surface area contributed by atoms with Gasteiger partial charge in [-0.2, -0.15) is 0 Å². The highest BCUT2D eigenvalue weighted by atomic mass is 79.9. The Labute approximate surface area is 209 Å². The number of aryl methyl sites for hydroxylation is 1. The molecular formula is C22H10Br4O5-2. The Bertz CT molecular complexity index is 1460. The third kappa shape index (κ3) is 3.28. The highest BCUT2D eigenvalue weighted by molar-refractivity contribution is 9.11. The highest BCUT2D eigenvalue weighted by Crippen LogP contribution is 2.51. The molecule has 0 N–H and O–H groups in total. The van der Waals surface area contributed by atoms with E-state index in [0.717, 1.165) is 0 Å². The Kier molecular flexibility index (Phi) is 5.83. The third-order valence-electron chi connectivity index (χ3n) is 5.18. The molecule has 31 heavy (non-hydrogen) atoms. The van der Waals surface area contributed by atoms with Gasteiger partial charge in [-0.15, -0.1) is 0 Å². The van der Waals surface area contributed by atoms with Gasteiger partial charge in [0.1, 0.15) is 10.1 Å². The van der Waals surface area contributed by atoms with E-state index in [2.05, 4.69) is 63.7 Å². The van der Waals surface area contributed by atoms with E-state index in [1.807, 2.05) is 0 Å². The number of hydrogen-bond acceptors (Lipinski definition) is 5. The standard InChI is InChI=1S/C22H12Br4O5/c1-7-11-13(9-5-3-4-6-10(9)22(29)30)12-8(2)15(24)19(28)17(26)21(12)31-20(11)16(25)18(27)14(7)23/h3-6,27H,1-2H3,(H,29,30)/p-2. The van der Waals surface area contributed by atoms with Crippen LogP contribution in [-0.4, -0.2) is 5.97 Å². The number of carbonyl (C=O) groups excluding carboxylic acids is 1. The predicted molar refractivity (Wildman–Crippen MR) is 129 cm³/mol. The average molecular weight is 674 g/mol. The molecule has 1 heterocycles. The largest absolute Gasteiger partial charge is 0.871 e. The molecule has 0 amide bonds. The van der Waals surface area contributed by atoms with Gasteiger partial charge in [0.15, 0.2) is 5.76 Å². The molecule has 4 rings (SSSR count). The fourth-order valence-electron chi connectivity index (χ4n) is 3.69. The fourth-order valence-corrected chi connectivity index (χ4v) is 5.97. The summed E-state index contributed by atoms with van der Waals surface area (Å²) in [4.78, 5) is 24.6. The minimum Gasteiger partial charge on any atom is -0.871 e. The maximum atomic E-state index is 12.7. The van der Waals surface area contributed by atoms with Crippen LogP contribution in [0, 0.1) is 13.8 Å². The van der Waals surface area contributed by atoms with Crippen molar-refractivity contribution in [2.75, 3.05) is 0 Å². The molecule has 0 bridgehead atoms. The molecule has 0 unspecified atom stereocenters. The van der Waals surface area contributed by atoms with Crippen LogP contribution in [0.15, 0.2) is 51.4 Å². The number of aromatic carboxylic acids is 1. The second-order valence-electron chi connectivity index (χ2n) is 6.88. The van der Waals surface area contributed by atoms with Gasteiger partial charge in [-0.25, -0.2) is 0 Å². The van der Waals surface area contributed by atoms with E-state index in [0.29, 0.717) is 42.1 Å². The Morgan fingerprint density at radius 2 is 1.55 bits per heavy atom. The second kappa shape index (κ2) is 8.03. The van der Waals surface area contributed by atoms with Gasteiger partial charge in [0.05, 0.1) is 14.9 Å². The Morgan fingerprint density at radius 1 is 0.903 bits per heavy atom. The molecule has 0 saturated heterocycles. The van der Waals surface area contributed by atoms with Gasteiger partial charge >= 0.3 is 0 Å². The molecule has 5 nitrogen and oxygen atoms in total. The Balaban J connectivity index is 2.44. The first-order valence-electron chi connectivity index (χ1n) is 8.81. The highest BCUT2D eigenvalue weighted by Gasteiger charge is 2.29. The van der Waals surface area contributed by atoms with Crippen LogP contribution >= 0.6 is 63.7 Å². The number of halogens is 4. The molecule has 9 heteroatoms. The number of hydrogen-bond donors (Lipinski definition) is 0. The maximum absolute atomic E-state index is 12.7. The Hall–Kier alpha value is -1.68. The SMILES string of the molecule is Cc1c2c(-c3ccccc3C(=O)[O-])c3c(C)c(Br)c([O-])c(Br)c3oc-2c(Br)c(=O)c1Br. The zero-order valence-corrected chi connectivity index (χ0v) is 22.2. The van der Waals surface area contributed by atoms with E-state index < -0.39 is 5.97 Å². The summed E-state index contributed by atoms with van der Waals surface area (Å²) in [6, 6.07) is 6.44. The van der Waals surface area contributed by atoms with Gasteiger partial charge in [0.25, 0.3) is 0 Å². The van der Waals surface area contributed by atoms with Crippen LogP contribution in [0.25, 0.3) is 33.4 Å². The predicted octanol–water partition coefficient (Wildman–Crippen LogP) is 5.67. The molecule has 0 spiro atoms. The van der Waals surface area contributed by atoms with Crippen molar-refractivity contribution in [1.82, 2.24) is 0 Å². The normalized spacial score (nSPS) is 11.4. The molecule has 0 aromatic heterocycles. The molecule has 1 aliphatic carbocycles. The van der Waals surface area contributed by atoms with E-state index >= 15 is 0 Å². The summed E-state index contributed by atoms with van der Waals surface area (Å²) in [5.41, 5.74) is 2.47. The first kappa shape index (κ1) is 22.5. The number of rotatable bonds is 2. The lowest BCUT2D eigenvalue weighted by Gasteiger charge is -2.25. The zero-order chi connectivity index (χ0) is 22.8. The maximum Gasteiger partial charge on any atom is 0.210 e. The van der Waals surface area contributed by atoms with Gasteiger partial charge in [0, 0.05) is 26.5 Å². The fraction of sp³-hybridized carbons (Fsp3) is 0.0909. The van der Waals surface area contributed by atoms with Crippen molar-refractivity contribution in [1.29, 1.82) is 0 Å². The van der Waals surface area contributed by atoms with E-state index in [1.165, 1.54) is 6.07 Å². The number of carbonyl (C=O) groups is 1. The number of fused-ring (bicyclic) bond motifs is 2. The monoisotopic (exact) mass is 670 g/mol. The van der Waals surface area contributed by atoms with Crippen molar-refractivity contribution in [3.8, 4) is 28.2 Å². The first-order valence-corrected chi connectivity index (χ1v) is 12.0. The molecule has 0 radical (unpaired) electrons. The van der Waals surface area contributed by atoms with Gasteiger partial charge in [-0.3, -0.25) is 4.79 Å². The molecule has 158 valence electrons. The number of carboxylic acid groups (broad SMARTS) is 1. The summed E-state index contributed by atoms with van der Waals surface area (Å²) >= 11 is 13.3. The number of carboxylic acids is 1. The van der Waals surface area contributed by atoms with Gasteiger partial charge in [-0.1, -0.05) is 45.9 Å². The van der Waals surface area contributed by atoms with Crippen LogP contribution in [0.3, 0.4) is 0 Å². The van der Waals surface area contributed by atoms with Crippen molar-refractivity contribution in [2.24, 2.45) is 0 Å². The third-order valence-corrected chi connectivity index (χ3v) is 8.53. The second-order valence-corrected chi connectivity index (χ2v) is 10.1. The minimum absolute atomic E-state index is 0.0213. The average Bonchev–Trinajstić information content (AvgIpc) is 2.77. The molecule has 1 aliphatic heterocycles. The minimum atomic E-state index is -1.34. The van der Waals surface area contributed by atoms with Crippen LogP contribution in [0.5, 0.6) is 5.75 Å². The van der Waals surface area contributed by atoms with Crippen LogP contribution in [0.4, 0.5) is 0 Å². The van der Waals surface area contributed by atoms with Crippen LogP contribution in [0.2, 0.25) is 0 Å². The topological polar surface area (TPSA) is 93.4 Å². The van der Waals surface area contributed by atoms with Crippen molar-refractivity contribution in [3.05, 3.63) is 69.1 Å². The molecular weight excluding hydrogens is 664 g/mol. The quantitative estimate of drug-likeness (QED) is 0.256. The molecule has 2 aromatic carbocycles. The summed E-state index contributed by atoms with van der Waals surface area (Å²) in [6.45, 7) is 3.49. The van der Waals surface area contributed by atoms with E-state index in [4.69, 9.17) is 4.42 Å². The van der Waals surface area contributed by atoms with Gasteiger partial charge < -0.3 is 19.4 Å². The Morgan fingerprint density at radius 3 is 2.19 bits per heavy atom. The lowest BCUT2D eigenvalue weighted by atomic mass is 9.87. The van der Waals surface area contributed by atoms with Gasteiger partial charge in [-0.05, 0) is 78.3 Å². The lowest BCUT2D eigenvalue weighted by molar-refractivity contribution is -0.270. The van der Waals surface area contributed by atoms with Crippen molar-refractivity contribution >= 4 is 80.7 Å². The first-order chi connectivity index (χ1) is 14.6. The molecule has 2 aliphatic rings. The molecule has 0 saturated carbocycles. The van der Waals surface area contributed by atoms with Crippen molar-refractivity contribution in [2.45, 2.75) is 13.8 Å². The van der Waals surface area contributed by atoms with Crippen LogP contribution in [-0.2, 0) is 0 Å². The molecule has 0 atom stereocenters. The van der Waals surface area contributed by atoms with E-state index in [1.54, 1.807) is 32.0 Å². The van der Waals surface area contributed by atoms with Crippen LogP contribution in [0.1, 0.15) is 21.5 Å². The van der Waals surface area contributed by atoms with Gasteiger partial charge in [0.2, 0.25) is 5.43 Å². The summed E-state index contributed by atoms with van der Waals surface area (Å²) in [6.07, 6.45) is 0. The lowest BCUT2D eigenvalue weighted by Crippen LogP contribution is -2.23. The molecule has 0 fully saturated rings. The molecule has 2 aromatic rings. The van der Waals surface area contributed by atoms with E-state index in [-0.39, 0.29) is 37.0 Å². The van der Waals surface area contributed by atoms with E-state index in [9.17, 15) is 19.8 Å². The summed E-state index contributed by atoms with van der Waals surface area (Å²) in [7, 11) is 0. The summed E-state index contributed by atoms with van der Waals surface area (Å²) in [5.74, 6) is -1.45. The van der Waals surface area contributed by atoms with Crippen LogP contribution < -0.4 is 15.6 Å². The smallest absolute Gasteiger partial charge is 0.210 e. The summed E-state index contributed by atoms with van der Waals surface area (Å²) < 4.78 is 7.08.